The lowest BCUT2D eigenvalue weighted by Gasteiger charge is -2.34. The highest BCUT2D eigenvalue weighted by Gasteiger charge is 2.44. The second-order valence-corrected chi connectivity index (χ2v) is 10.5. The standard InChI is InChI=1S/C21H21F2N3O7S/c1-34(31,32)5-4-13-10-33-16-9-25-8-14(18(27)19(28)17(25)21(30)26(13)16)20(29)24-7-11-2-3-12(22)6-15(11)23/h2-3,6,8,13,16,28H,4-5,7,9-10H2,1H3,(H,24,29)/t13-,16?/m0/s1. The number of hydrogen-bond donors (Lipinski definition) is 2. The molecule has 0 bridgehead atoms. The van der Waals surface area contributed by atoms with Gasteiger partial charge in [-0.05, 0) is 12.5 Å². The predicted molar refractivity (Wildman–Crippen MR) is 114 cm³/mol. The number of ether oxygens (including phenoxy) is 1. The summed E-state index contributed by atoms with van der Waals surface area (Å²) in [5, 5.41) is 12.8. The zero-order valence-corrected chi connectivity index (χ0v) is 18.8. The first kappa shape index (κ1) is 23.8. The number of nitrogens with zero attached hydrogens (tertiary/aromatic N) is 2. The minimum Gasteiger partial charge on any atom is -0.503 e. The molecule has 34 heavy (non-hydrogen) atoms. The van der Waals surface area contributed by atoms with E-state index in [0.717, 1.165) is 24.6 Å². The fraction of sp³-hybridized carbons (Fsp3) is 0.381. The first-order valence-corrected chi connectivity index (χ1v) is 12.3. The highest BCUT2D eigenvalue weighted by molar-refractivity contribution is 7.90. The van der Waals surface area contributed by atoms with E-state index in [9.17, 15) is 36.7 Å². The third-order valence-electron chi connectivity index (χ3n) is 5.75. The van der Waals surface area contributed by atoms with Gasteiger partial charge in [0.2, 0.25) is 5.43 Å². The lowest BCUT2D eigenvalue weighted by Crippen LogP contribution is -2.50. The van der Waals surface area contributed by atoms with Crippen LogP contribution in [0.3, 0.4) is 0 Å². The van der Waals surface area contributed by atoms with Crippen molar-refractivity contribution in [1.29, 1.82) is 0 Å². The van der Waals surface area contributed by atoms with Crippen LogP contribution in [0.5, 0.6) is 5.75 Å². The van der Waals surface area contributed by atoms with Gasteiger partial charge in [-0.1, -0.05) is 6.07 Å². The first-order chi connectivity index (χ1) is 16.0. The van der Waals surface area contributed by atoms with Crippen molar-refractivity contribution < 1.29 is 36.6 Å². The van der Waals surface area contributed by atoms with Gasteiger partial charge in [0.25, 0.3) is 11.8 Å². The van der Waals surface area contributed by atoms with Gasteiger partial charge >= 0.3 is 0 Å². The number of rotatable bonds is 6. The van der Waals surface area contributed by atoms with E-state index in [1.54, 1.807) is 0 Å². The SMILES string of the molecule is CS(=O)(=O)CC[C@H]1COC2Cn3cc(C(=O)NCc4ccc(F)cc4F)c(=O)c(O)c3C(=O)N21. The molecule has 2 N–H and O–H groups in total. The maximum atomic E-state index is 13.8. The van der Waals surface area contributed by atoms with Gasteiger partial charge < -0.3 is 24.6 Å². The van der Waals surface area contributed by atoms with E-state index in [1.165, 1.54) is 9.47 Å². The third kappa shape index (κ3) is 4.53. The van der Waals surface area contributed by atoms with E-state index in [1.807, 2.05) is 0 Å². The molecule has 1 aromatic heterocycles. The Morgan fingerprint density at radius 2 is 2.03 bits per heavy atom. The van der Waals surface area contributed by atoms with E-state index in [4.69, 9.17) is 4.74 Å². The number of amides is 2. The number of fused-ring (bicyclic) bond motifs is 2. The van der Waals surface area contributed by atoms with Crippen LogP contribution in [0.25, 0.3) is 0 Å². The van der Waals surface area contributed by atoms with Crippen LogP contribution in [0.1, 0.15) is 32.8 Å². The number of aromatic nitrogens is 1. The molecule has 10 nitrogen and oxygen atoms in total. The molecule has 1 fully saturated rings. The minimum atomic E-state index is -3.27. The normalized spacial score (nSPS) is 19.6. The molecule has 1 aromatic carbocycles. The number of nitrogens with one attached hydrogen (secondary N) is 1. The summed E-state index contributed by atoms with van der Waals surface area (Å²) in [5.74, 6) is -4.39. The van der Waals surface area contributed by atoms with Crippen LogP contribution in [0.4, 0.5) is 8.78 Å². The smallest absolute Gasteiger partial charge is 0.276 e. The predicted octanol–water partition coefficient (Wildman–Crippen LogP) is 0.378. The van der Waals surface area contributed by atoms with E-state index < -0.39 is 62.3 Å². The monoisotopic (exact) mass is 497 g/mol. The van der Waals surface area contributed by atoms with Crippen LogP contribution < -0.4 is 10.7 Å². The van der Waals surface area contributed by atoms with Gasteiger partial charge in [0.05, 0.1) is 24.9 Å². The van der Waals surface area contributed by atoms with Crippen LogP contribution in [0, 0.1) is 11.6 Å². The van der Waals surface area contributed by atoms with Crippen LogP contribution >= 0.6 is 0 Å². The van der Waals surface area contributed by atoms with Crippen LogP contribution in [-0.2, 0) is 27.7 Å². The maximum Gasteiger partial charge on any atom is 0.276 e. The third-order valence-corrected chi connectivity index (χ3v) is 6.73. The maximum absolute atomic E-state index is 13.8. The molecule has 2 amide bonds. The van der Waals surface area contributed by atoms with Crippen molar-refractivity contribution in [3.05, 3.63) is 63.1 Å². The highest BCUT2D eigenvalue weighted by Crippen LogP contribution is 2.31. The van der Waals surface area contributed by atoms with E-state index in [0.29, 0.717) is 6.07 Å². The second-order valence-electron chi connectivity index (χ2n) is 8.21. The number of sulfone groups is 1. The van der Waals surface area contributed by atoms with Gasteiger partial charge in [-0.25, -0.2) is 17.2 Å². The van der Waals surface area contributed by atoms with Gasteiger partial charge in [0.1, 0.15) is 27.0 Å². The van der Waals surface area contributed by atoms with E-state index in [-0.39, 0.29) is 43.1 Å². The number of benzene rings is 1. The summed E-state index contributed by atoms with van der Waals surface area (Å²) >= 11 is 0. The minimum absolute atomic E-state index is 0.00282. The van der Waals surface area contributed by atoms with Crippen molar-refractivity contribution in [3.8, 4) is 5.75 Å². The molecule has 2 aliphatic heterocycles. The summed E-state index contributed by atoms with van der Waals surface area (Å²) in [5.41, 5.74) is -1.92. The van der Waals surface area contributed by atoms with Crippen molar-refractivity contribution in [2.45, 2.75) is 31.8 Å². The second kappa shape index (κ2) is 8.80. The molecule has 0 radical (unpaired) electrons. The van der Waals surface area contributed by atoms with E-state index in [2.05, 4.69) is 5.32 Å². The number of carbonyl (C=O) groups is 2. The quantitative estimate of drug-likeness (QED) is 0.589. The Morgan fingerprint density at radius 1 is 1.29 bits per heavy atom. The molecule has 2 atom stereocenters. The summed E-state index contributed by atoms with van der Waals surface area (Å²) in [6, 6.07) is 2.27. The Labute approximate surface area is 192 Å². The fourth-order valence-corrected chi connectivity index (χ4v) is 4.73. The van der Waals surface area contributed by atoms with Crippen LogP contribution in [-0.4, -0.2) is 65.7 Å². The molecular weight excluding hydrogens is 476 g/mol. The number of hydrogen-bond acceptors (Lipinski definition) is 7. The Kier molecular flexibility index (Phi) is 6.16. The first-order valence-electron chi connectivity index (χ1n) is 10.3. The van der Waals surface area contributed by atoms with Gasteiger partial charge in [-0.2, -0.15) is 0 Å². The number of pyridine rings is 1. The summed E-state index contributed by atoms with van der Waals surface area (Å²) in [4.78, 5) is 39.6. The Morgan fingerprint density at radius 3 is 2.71 bits per heavy atom. The molecule has 2 aromatic rings. The zero-order valence-electron chi connectivity index (χ0n) is 18.0. The van der Waals surface area contributed by atoms with Gasteiger partial charge in [-0.3, -0.25) is 14.4 Å². The largest absolute Gasteiger partial charge is 0.503 e. The Hall–Kier alpha value is -3.32. The summed E-state index contributed by atoms with van der Waals surface area (Å²) in [7, 11) is -3.27. The average Bonchev–Trinajstić information content (AvgIpc) is 3.16. The molecule has 2 aliphatic rings. The Balaban J connectivity index is 1.57. The summed E-state index contributed by atoms with van der Waals surface area (Å²) in [6.45, 7) is -0.257. The summed E-state index contributed by atoms with van der Waals surface area (Å²) < 4.78 is 56.7. The van der Waals surface area contributed by atoms with Crippen LogP contribution in [0.2, 0.25) is 0 Å². The topological polar surface area (TPSA) is 135 Å². The van der Waals surface area contributed by atoms with Gasteiger partial charge in [-0.15, -0.1) is 0 Å². The highest BCUT2D eigenvalue weighted by atomic mass is 32.2. The Bertz CT molecular complexity index is 1340. The lowest BCUT2D eigenvalue weighted by atomic mass is 10.1. The number of aromatic hydroxyl groups is 1. The number of halogens is 2. The summed E-state index contributed by atoms with van der Waals surface area (Å²) in [6.07, 6.45) is 1.55. The van der Waals surface area contributed by atoms with Gasteiger partial charge in [0.15, 0.2) is 17.7 Å². The zero-order chi connectivity index (χ0) is 24.8. The molecule has 1 unspecified atom stereocenters. The molecule has 0 saturated carbocycles. The molecule has 0 aliphatic carbocycles. The molecule has 4 rings (SSSR count). The molecule has 13 heteroatoms. The van der Waals surface area contributed by atoms with Crippen molar-refractivity contribution in [1.82, 2.24) is 14.8 Å². The lowest BCUT2D eigenvalue weighted by molar-refractivity contribution is 0.00565. The fourth-order valence-electron chi connectivity index (χ4n) is 4.03. The average molecular weight is 497 g/mol. The molecule has 0 spiro atoms. The molecular formula is C21H21F2N3O7S. The van der Waals surface area contributed by atoms with E-state index >= 15 is 0 Å². The van der Waals surface area contributed by atoms with Gasteiger partial charge in [0, 0.05) is 30.6 Å². The van der Waals surface area contributed by atoms with Crippen molar-refractivity contribution >= 4 is 21.7 Å². The van der Waals surface area contributed by atoms with Crippen molar-refractivity contribution in [2.75, 3.05) is 18.6 Å². The van der Waals surface area contributed by atoms with Crippen molar-refractivity contribution in [2.24, 2.45) is 0 Å². The molecule has 182 valence electrons. The molecule has 3 heterocycles. The molecule has 1 saturated heterocycles. The number of carbonyl (C=O) groups excluding carboxylic acids is 2. The van der Waals surface area contributed by atoms with Crippen LogP contribution in [0.15, 0.2) is 29.2 Å². The van der Waals surface area contributed by atoms with Crippen molar-refractivity contribution in [3.63, 3.8) is 0 Å².